The van der Waals surface area contributed by atoms with Crippen LogP contribution in [0.15, 0.2) is 41.1 Å². The smallest absolute Gasteiger partial charge is 0.306 e. The van der Waals surface area contributed by atoms with Crippen LogP contribution in [0, 0.1) is 0 Å². The highest BCUT2D eigenvalue weighted by atomic mass is 32.1. The lowest BCUT2D eigenvalue weighted by atomic mass is 10.0. The highest BCUT2D eigenvalue weighted by molar-refractivity contribution is 7.07. The Morgan fingerprint density at radius 2 is 1.91 bits per heavy atom. The van der Waals surface area contributed by atoms with E-state index >= 15 is 0 Å². The van der Waals surface area contributed by atoms with Gasteiger partial charge in [-0.1, -0.05) is 26.0 Å². The number of aryl methyl sites for hydroxylation is 1. The number of hydrogen-bond donors (Lipinski definition) is 1. The lowest BCUT2D eigenvalue weighted by molar-refractivity contribution is -0.147. The van der Waals surface area contributed by atoms with E-state index in [9.17, 15) is 9.59 Å². The number of esters is 1. The summed E-state index contributed by atoms with van der Waals surface area (Å²) in [6, 6.07) is 9.64. The molecule has 122 valence electrons. The van der Waals surface area contributed by atoms with Gasteiger partial charge in [0, 0.05) is 12.1 Å². The van der Waals surface area contributed by atoms with Gasteiger partial charge in [0.15, 0.2) is 6.61 Å². The van der Waals surface area contributed by atoms with Crippen molar-refractivity contribution in [1.82, 2.24) is 0 Å². The molecule has 0 aliphatic heterocycles. The second-order valence-corrected chi connectivity index (χ2v) is 6.40. The summed E-state index contributed by atoms with van der Waals surface area (Å²) < 4.78 is 4.99. The maximum atomic E-state index is 11.8. The van der Waals surface area contributed by atoms with Crippen LogP contribution in [0.5, 0.6) is 0 Å². The fourth-order valence-corrected chi connectivity index (χ4v) is 2.75. The minimum atomic E-state index is -0.360. The Bertz CT molecular complexity index is 633. The topological polar surface area (TPSA) is 55.4 Å². The second-order valence-electron chi connectivity index (χ2n) is 5.62. The molecule has 1 amide bonds. The van der Waals surface area contributed by atoms with Crippen LogP contribution < -0.4 is 5.32 Å². The number of amides is 1. The number of carbonyl (C=O) groups is 2. The fourth-order valence-electron chi connectivity index (χ4n) is 2.05. The highest BCUT2D eigenvalue weighted by Crippen LogP contribution is 2.17. The predicted octanol–water partition coefficient (Wildman–Crippen LogP) is 3.99. The molecule has 1 N–H and O–H groups in total. The molecule has 0 atom stereocenters. The molecule has 0 aliphatic carbocycles. The molecular weight excluding hydrogens is 310 g/mol. The molecule has 2 rings (SSSR count). The number of nitrogens with one attached hydrogen (secondary N) is 1. The average molecular weight is 331 g/mol. The molecule has 2 aromatic rings. The van der Waals surface area contributed by atoms with Crippen molar-refractivity contribution in [3.63, 3.8) is 0 Å². The predicted molar refractivity (Wildman–Crippen MR) is 92.8 cm³/mol. The zero-order chi connectivity index (χ0) is 16.7. The standard InChI is InChI=1S/C18H21NO3S/c1-13(2)15-4-6-16(7-5-15)19-17(20)11-22-18(21)8-3-14-9-10-23-12-14/h4-7,9-10,12-13H,3,8,11H2,1-2H3,(H,19,20). The molecule has 1 aromatic heterocycles. The van der Waals surface area contributed by atoms with Gasteiger partial charge in [-0.2, -0.15) is 11.3 Å². The van der Waals surface area contributed by atoms with Gasteiger partial charge in [0.1, 0.15) is 0 Å². The van der Waals surface area contributed by atoms with Crippen LogP contribution in [0.4, 0.5) is 5.69 Å². The third-order valence-corrected chi connectivity index (χ3v) is 4.16. The minimum Gasteiger partial charge on any atom is -0.456 e. The lowest BCUT2D eigenvalue weighted by Gasteiger charge is -2.09. The van der Waals surface area contributed by atoms with Crippen LogP contribution >= 0.6 is 11.3 Å². The third-order valence-electron chi connectivity index (χ3n) is 3.42. The maximum absolute atomic E-state index is 11.8. The van der Waals surface area contributed by atoms with E-state index in [1.165, 1.54) is 5.56 Å². The Morgan fingerprint density at radius 1 is 1.17 bits per heavy atom. The van der Waals surface area contributed by atoms with E-state index in [4.69, 9.17) is 4.74 Å². The van der Waals surface area contributed by atoms with Gasteiger partial charge < -0.3 is 10.1 Å². The normalized spacial score (nSPS) is 10.6. The van der Waals surface area contributed by atoms with Crippen LogP contribution in [0.1, 0.15) is 37.3 Å². The third kappa shape index (κ3) is 5.87. The summed E-state index contributed by atoms with van der Waals surface area (Å²) in [5.41, 5.74) is 3.03. The molecule has 0 radical (unpaired) electrons. The summed E-state index contributed by atoms with van der Waals surface area (Å²) in [5, 5.41) is 6.69. The van der Waals surface area contributed by atoms with Crippen molar-refractivity contribution in [3.8, 4) is 0 Å². The van der Waals surface area contributed by atoms with E-state index in [2.05, 4.69) is 19.2 Å². The number of benzene rings is 1. The quantitative estimate of drug-likeness (QED) is 0.781. The van der Waals surface area contributed by atoms with Crippen molar-refractivity contribution in [1.29, 1.82) is 0 Å². The lowest BCUT2D eigenvalue weighted by Crippen LogP contribution is -2.21. The Hall–Kier alpha value is -2.14. The largest absolute Gasteiger partial charge is 0.456 e. The van der Waals surface area contributed by atoms with Crippen LogP contribution in [-0.2, 0) is 20.7 Å². The molecule has 0 bridgehead atoms. The van der Waals surface area contributed by atoms with Gasteiger partial charge in [0.05, 0.1) is 0 Å². The molecular formula is C18H21NO3S. The second kappa shape index (κ2) is 8.48. The summed E-state index contributed by atoms with van der Waals surface area (Å²) in [6.07, 6.45) is 0.924. The van der Waals surface area contributed by atoms with Crippen molar-refractivity contribution in [3.05, 3.63) is 52.2 Å². The molecule has 5 heteroatoms. The van der Waals surface area contributed by atoms with E-state index in [1.807, 2.05) is 41.1 Å². The van der Waals surface area contributed by atoms with E-state index < -0.39 is 0 Å². The van der Waals surface area contributed by atoms with Crippen molar-refractivity contribution < 1.29 is 14.3 Å². The molecule has 1 aromatic carbocycles. The van der Waals surface area contributed by atoms with Gasteiger partial charge in [-0.15, -0.1) is 0 Å². The summed E-state index contributed by atoms with van der Waals surface area (Å²) in [7, 11) is 0. The minimum absolute atomic E-state index is 0.256. The first-order valence-electron chi connectivity index (χ1n) is 7.61. The van der Waals surface area contributed by atoms with Crippen molar-refractivity contribution in [2.45, 2.75) is 32.6 Å². The van der Waals surface area contributed by atoms with Gasteiger partial charge >= 0.3 is 5.97 Å². The van der Waals surface area contributed by atoms with Crippen LogP contribution in [0.2, 0.25) is 0 Å². The first-order chi connectivity index (χ1) is 11.0. The Kier molecular flexibility index (Phi) is 6.35. The molecule has 0 unspecified atom stereocenters. The first kappa shape index (κ1) is 17.2. The summed E-state index contributed by atoms with van der Waals surface area (Å²) in [6.45, 7) is 3.97. The molecule has 1 heterocycles. The molecule has 0 saturated carbocycles. The van der Waals surface area contributed by atoms with E-state index in [1.54, 1.807) is 11.3 Å². The van der Waals surface area contributed by atoms with Gasteiger partial charge in [-0.05, 0) is 52.4 Å². The Balaban J connectivity index is 1.70. The number of carbonyl (C=O) groups excluding carboxylic acids is 2. The van der Waals surface area contributed by atoms with Gasteiger partial charge in [0.25, 0.3) is 5.91 Å². The number of hydrogen-bond acceptors (Lipinski definition) is 4. The molecule has 0 fully saturated rings. The van der Waals surface area contributed by atoms with Crippen LogP contribution in [0.25, 0.3) is 0 Å². The molecule has 0 aliphatic rings. The summed E-state index contributed by atoms with van der Waals surface area (Å²) >= 11 is 1.60. The van der Waals surface area contributed by atoms with Gasteiger partial charge in [0.2, 0.25) is 0 Å². The van der Waals surface area contributed by atoms with E-state index in [0.717, 1.165) is 5.56 Å². The highest BCUT2D eigenvalue weighted by Gasteiger charge is 2.09. The number of thiophene rings is 1. The van der Waals surface area contributed by atoms with Crippen molar-refractivity contribution >= 4 is 28.9 Å². The van der Waals surface area contributed by atoms with Crippen LogP contribution in [-0.4, -0.2) is 18.5 Å². The Labute approximate surface area is 140 Å². The van der Waals surface area contributed by atoms with E-state index in [-0.39, 0.29) is 24.9 Å². The zero-order valence-corrected chi connectivity index (χ0v) is 14.2. The van der Waals surface area contributed by atoms with Crippen molar-refractivity contribution in [2.75, 3.05) is 11.9 Å². The van der Waals surface area contributed by atoms with E-state index in [0.29, 0.717) is 18.0 Å². The average Bonchev–Trinajstić information content (AvgIpc) is 3.05. The fraction of sp³-hybridized carbons (Fsp3) is 0.333. The first-order valence-corrected chi connectivity index (χ1v) is 8.55. The number of anilines is 1. The summed E-state index contributed by atoms with van der Waals surface area (Å²) in [4.78, 5) is 23.4. The number of ether oxygens (including phenoxy) is 1. The number of rotatable bonds is 7. The molecule has 23 heavy (non-hydrogen) atoms. The zero-order valence-electron chi connectivity index (χ0n) is 13.4. The monoisotopic (exact) mass is 331 g/mol. The maximum Gasteiger partial charge on any atom is 0.306 e. The molecule has 0 spiro atoms. The van der Waals surface area contributed by atoms with Gasteiger partial charge in [-0.25, -0.2) is 0 Å². The Morgan fingerprint density at radius 3 is 2.52 bits per heavy atom. The SMILES string of the molecule is CC(C)c1ccc(NC(=O)COC(=O)CCc2ccsc2)cc1. The van der Waals surface area contributed by atoms with Crippen LogP contribution in [0.3, 0.4) is 0 Å². The molecule has 0 saturated heterocycles. The van der Waals surface area contributed by atoms with Gasteiger partial charge in [-0.3, -0.25) is 9.59 Å². The summed E-state index contributed by atoms with van der Waals surface area (Å²) in [5.74, 6) is -0.239. The molecule has 4 nitrogen and oxygen atoms in total. The van der Waals surface area contributed by atoms with Crippen molar-refractivity contribution in [2.24, 2.45) is 0 Å².